The summed E-state index contributed by atoms with van der Waals surface area (Å²) >= 11 is 0. The highest BCUT2D eigenvalue weighted by Crippen LogP contribution is 2.27. The van der Waals surface area contributed by atoms with Crippen molar-refractivity contribution in [3.63, 3.8) is 0 Å². The average Bonchev–Trinajstić information content (AvgIpc) is 2.37. The molecule has 0 bridgehead atoms. The Morgan fingerprint density at radius 2 is 2.00 bits per heavy atom. The molecule has 0 aliphatic heterocycles. The third kappa shape index (κ3) is 2.65. The van der Waals surface area contributed by atoms with Crippen LogP contribution in [0, 0.1) is 0 Å². The van der Waals surface area contributed by atoms with Gasteiger partial charge in [-0.2, -0.15) is 0 Å². The number of aromatic nitrogens is 1. The van der Waals surface area contributed by atoms with Crippen molar-refractivity contribution in [2.75, 3.05) is 24.1 Å². The molecule has 0 unspecified atom stereocenters. The van der Waals surface area contributed by atoms with Crippen LogP contribution in [0.1, 0.15) is 12.8 Å². The van der Waals surface area contributed by atoms with Gasteiger partial charge in [0.2, 0.25) is 0 Å². The van der Waals surface area contributed by atoms with Gasteiger partial charge in [-0.3, -0.25) is 4.98 Å². The van der Waals surface area contributed by atoms with Crippen LogP contribution in [0.15, 0.2) is 30.5 Å². The molecule has 1 heterocycles. The van der Waals surface area contributed by atoms with Crippen LogP contribution < -0.4 is 16.8 Å². The number of nitrogens with zero attached hydrogens (tertiary/aromatic N) is 1. The lowest BCUT2D eigenvalue weighted by Gasteiger charge is -2.11. The van der Waals surface area contributed by atoms with Crippen molar-refractivity contribution in [2.24, 2.45) is 5.73 Å². The van der Waals surface area contributed by atoms with E-state index in [1.54, 1.807) is 6.20 Å². The van der Waals surface area contributed by atoms with Gasteiger partial charge >= 0.3 is 0 Å². The lowest BCUT2D eigenvalue weighted by Crippen LogP contribution is -2.07. The second-order valence-electron chi connectivity index (χ2n) is 4.03. The molecule has 0 fully saturated rings. The molecule has 0 spiro atoms. The van der Waals surface area contributed by atoms with E-state index in [4.69, 9.17) is 11.5 Å². The van der Waals surface area contributed by atoms with Gasteiger partial charge in [0.1, 0.15) is 0 Å². The van der Waals surface area contributed by atoms with Crippen molar-refractivity contribution in [3.8, 4) is 0 Å². The van der Waals surface area contributed by atoms with Gasteiger partial charge in [-0.25, -0.2) is 0 Å². The second-order valence-corrected chi connectivity index (χ2v) is 4.03. The molecule has 2 aromatic rings. The lowest BCUT2D eigenvalue weighted by molar-refractivity contribution is 0.775. The molecule has 0 atom stereocenters. The van der Waals surface area contributed by atoms with Crippen LogP contribution in [0.4, 0.5) is 11.4 Å². The number of para-hydroxylation sites is 1. The fraction of sp³-hybridized carbons (Fsp3) is 0.308. The third-order valence-corrected chi connectivity index (χ3v) is 2.74. The maximum Gasteiger partial charge on any atom is 0.0743 e. The molecule has 0 saturated heterocycles. The SMILES string of the molecule is NCCCCNc1c(N)cnc2ccccc12. The summed E-state index contributed by atoms with van der Waals surface area (Å²) in [4.78, 5) is 4.30. The van der Waals surface area contributed by atoms with E-state index in [0.29, 0.717) is 5.69 Å². The minimum absolute atomic E-state index is 0.691. The summed E-state index contributed by atoms with van der Waals surface area (Å²) in [6.07, 6.45) is 3.77. The Morgan fingerprint density at radius 3 is 2.82 bits per heavy atom. The molecule has 0 aliphatic carbocycles. The number of fused-ring (bicyclic) bond motifs is 1. The number of pyridine rings is 1. The first-order valence-corrected chi connectivity index (χ1v) is 5.90. The van der Waals surface area contributed by atoms with E-state index in [1.807, 2.05) is 24.3 Å². The number of nitrogens with two attached hydrogens (primary N) is 2. The summed E-state index contributed by atoms with van der Waals surface area (Å²) in [7, 11) is 0. The van der Waals surface area contributed by atoms with Gasteiger partial charge in [0, 0.05) is 11.9 Å². The van der Waals surface area contributed by atoms with Crippen molar-refractivity contribution in [1.29, 1.82) is 0 Å². The predicted octanol–water partition coefficient (Wildman–Crippen LogP) is 1.97. The van der Waals surface area contributed by atoms with Gasteiger partial charge in [0.05, 0.1) is 23.1 Å². The average molecular weight is 230 g/mol. The molecule has 1 aromatic heterocycles. The fourth-order valence-corrected chi connectivity index (χ4v) is 1.84. The second kappa shape index (κ2) is 5.50. The van der Waals surface area contributed by atoms with Crippen LogP contribution >= 0.6 is 0 Å². The zero-order valence-corrected chi connectivity index (χ0v) is 9.82. The molecule has 90 valence electrons. The van der Waals surface area contributed by atoms with E-state index in [2.05, 4.69) is 10.3 Å². The largest absolute Gasteiger partial charge is 0.396 e. The van der Waals surface area contributed by atoms with Gasteiger partial charge in [-0.1, -0.05) is 18.2 Å². The number of hydrogen-bond donors (Lipinski definition) is 3. The molecule has 1 aromatic carbocycles. The summed E-state index contributed by atoms with van der Waals surface area (Å²) in [6.45, 7) is 1.61. The van der Waals surface area contributed by atoms with Gasteiger partial charge in [-0.05, 0) is 25.5 Å². The van der Waals surface area contributed by atoms with Crippen molar-refractivity contribution in [1.82, 2.24) is 4.98 Å². The molecular formula is C13H18N4. The summed E-state index contributed by atoms with van der Waals surface area (Å²) < 4.78 is 0. The monoisotopic (exact) mass is 230 g/mol. The third-order valence-electron chi connectivity index (χ3n) is 2.74. The van der Waals surface area contributed by atoms with Crippen molar-refractivity contribution in [2.45, 2.75) is 12.8 Å². The maximum absolute atomic E-state index is 5.95. The molecule has 0 radical (unpaired) electrons. The van der Waals surface area contributed by atoms with Gasteiger partial charge in [-0.15, -0.1) is 0 Å². The van der Waals surface area contributed by atoms with Gasteiger partial charge in [0.15, 0.2) is 0 Å². The zero-order valence-electron chi connectivity index (χ0n) is 9.82. The fourth-order valence-electron chi connectivity index (χ4n) is 1.84. The molecular weight excluding hydrogens is 212 g/mol. The molecule has 17 heavy (non-hydrogen) atoms. The summed E-state index contributed by atoms with van der Waals surface area (Å²) in [5.41, 5.74) is 14.0. The Balaban J connectivity index is 2.22. The molecule has 0 aliphatic rings. The Labute approximate surface area is 101 Å². The highest BCUT2D eigenvalue weighted by Gasteiger charge is 2.04. The first-order chi connectivity index (χ1) is 8.33. The number of nitrogen functional groups attached to an aromatic ring is 1. The minimum atomic E-state index is 0.691. The van der Waals surface area contributed by atoms with E-state index >= 15 is 0 Å². The lowest BCUT2D eigenvalue weighted by atomic mass is 10.1. The molecule has 4 heteroatoms. The van der Waals surface area contributed by atoms with Gasteiger partial charge in [0.25, 0.3) is 0 Å². The van der Waals surface area contributed by atoms with Crippen LogP contribution in [0.2, 0.25) is 0 Å². The van der Waals surface area contributed by atoms with Crippen LogP contribution in [0.5, 0.6) is 0 Å². The van der Waals surface area contributed by atoms with Crippen LogP contribution in [-0.2, 0) is 0 Å². The van der Waals surface area contributed by atoms with Crippen LogP contribution in [0.25, 0.3) is 10.9 Å². The number of rotatable bonds is 5. The highest BCUT2D eigenvalue weighted by atomic mass is 14.9. The molecule has 4 nitrogen and oxygen atoms in total. The zero-order chi connectivity index (χ0) is 12.1. The summed E-state index contributed by atoms with van der Waals surface area (Å²) in [5, 5.41) is 4.44. The number of unbranched alkanes of at least 4 members (excludes halogenated alkanes) is 1. The van der Waals surface area contributed by atoms with Crippen molar-refractivity contribution in [3.05, 3.63) is 30.5 Å². The standard InChI is InChI=1S/C13H18N4/c14-7-3-4-8-16-13-10-5-1-2-6-12(10)17-9-11(13)15/h1-2,5-6,9H,3-4,7-8,14-15H2,(H,16,17). The number of anilines is 2. The van der Waals surface area contributed by atoms with Gasteiger partial charge < -0.3 is 16.8 Å². The van der Waals surface area contributed by atoms with E-state index in [-0.39, 0.29) is 0 Å². The van der Waals surface area contributed by atoms with Crippen LogP contribution in [-0.4, -0.2) is 18.1 Å². The smallest absolute Gasteiger partial charge is 0.0743 e. The Kier molecular flexibility index (Phi) is 3.77. The number of benzene rings is 1. The summed E-state index contributed by atoms with van der Waals surface area (Å²) in [6, 6.07) is 7.99. The molecule has 2 rings (SSSR count). The van der Waals surface area contributed by atoms with Crippen molar-refractivity contribution >= 4 is 22.3 Å². The molecule has 5 N–H and O–H groups in total. The molecule has 0 saturated carbocycles. The van der Waals surface area contributed by atoms with Crippen molar-refractivity contribution < 1.29 is 0 Å². The quantitative estimate of drug-likeness (QED) is 0.686. The summed E-state index contributed by atoms with van der Waals surface area (Å²) in [5.74, 6) is 0. The Bertz CT molecular complexity index is 496. The Hall–Kier alpha value is -1.81. The van der Waals surface area contributed by atoms with E-state index < -0.39 is 0 Å². The van der Waals surface area contributed by atoms with E-state index in [9.17, 15) is 0 Å². The molecule has 0 amide bonds. The van der Waals surface area contributed by atoms with Crippen LogP contribution in [0.3, 0.4) is 0 Å². The topological polar surface area (TPSA) is 77.0 Å². The number of nitrogens with one attached hydrogen (secondary N) is 1. The van der Waals surface area contributed by atoms with E-state index in [1.165, 1.54) is 0 Å². The first kappa shape index (κ1) is 11.7. The minimum Gasteiger partial charge on any atom is -0.396 e. The normalized spacial score (nSPS) is 10.6. The first-order valence-electron chi connectivity index (χ1n) is 5.90. The highest BCUT2D eigenvalue weighted by molar-refractivity contribution is 5.96. The predicted molar refractivity (Wildman–Crippen MR) is 72.9 cm³/mol. The number of hydrogen-bond acceptors (Lipinski definition) is 4. The Morgan fingerprint density at radius 1 is 1.18 bits per heavy atom. The van der Waals surface area contributed by atoms with E-state index in [0.717, 1.165) is 42.5 Å². The maximum atomic E-state index is 5.95.